The number of aryl methyl sites for hydroxylation is 1. The first kappa shape index (κ1) is 17.4. The molecule has 2 atom stereocenters. The van der Waals surface area contributed by atoms with Crippen LogP contribution in [-0.4, -0.2) is 46.9 Å². The summed E-state index contributed by atoms with van der Waals surface area (Å²) in [6, 6.07) is 9.32. The molecular weight excluding hydrogens is 348 g/mol. The smallest absolute Gasteiger partial charge is 0.258 e. The Bertz CT molecular complexity index is 937. The first-order valence-corrected chi connectivity index (χ1v) is 8.81. The van der Waals surface area contributed by atoms with Gasteiger partial charge in [-0.2, -0.15) is 0 Å². The van der Waals surface area contributed by atoms with E-state index in [9.17, 15) is 4.79 Å². The van der Waals surface area contributed by atoms with E-state index in [0.29, 0.717) is 25.5 Å². The summed E-state index contributed by atoms with van der Waals surface area (Å²) in [4.78, 5) is 20.6. The van der Waals surface area contributed by atoms with Crippen LogP contribution in [0, 0.1) is 12.8 Å². The van der Waals surface area contributed by atoms with E-state index in [1.54, 1.807) is 0 Å². The predicted octanol–water partition coefficient (Wildman–Crippen LogP) is 1.68. The second kappa shape index (κ2) is 7.71. The fourth-order valence-electron chi connectivity index (χ4n) is 3.21. The molecule has 0 radical (unpaired) electrons. The Hall–Kier alpha value is -3.00. The molecule has 4 rings (SSSR count). The van der Waals surface area contributed by atoms with Crippen LogP contribution < -0.4 is 10.1 Å². The summed E-state index contributed by atoms with van der Waals surface area (Å²) in [6.07, 6.45) is 2.10. The normalized spacial score (nSPS) is 19.3. The van der Waals surface area contributed by atoms with Crippen molar-refractivity contribution in [3.8, 4) is 5.88 Å². The number of nitrogens with one attached hydrogen (secondary N) is 1. The van der Waals surface area contributed by atoms with Crippen LogP contribution in [0.15, 0.2) is 41.2 Å². The maximum atomic E-state index is 12.3. The van der Waals surface area contributed by atoms with E-state index in [0.717, 1.165) is 22.4 Å². The summed E-state index contributed by atoms with van der Waals surface area (Å²) in [7, 11) is 0. The minimum absolute atomic E-state index is 0.0892. The maximum Gasteiger partial charge on any atom is 0.258 e. The predicted molar refractivity (Wildman–Crippen MR) is 96.2 cm³/mol. The molecule has 3 heterocycles. The van der Waals surface area contributed by atoms with Gasteiger partial charge in [0.15, 0.2) is 6.61 Å². The molecule has 3 aromatic rings. The van der Waals surface area contributed by atoms with Crippen molar-refractivity contribution in [2.75, 3.05) is 19.8 Å². The molecule has 0 spiro atoms. The van der Waals surface area contributed by atoms with Crippen molar-refractivity contribution in [1.82, 2.24) is 20.4 Å². The molecule has 2 unspecified atom stereocenters. The molecule has 1 saturated heterocycles. The molecule has 1 aliphatic heterocycles. The number of aromatic nitrogens is 3. The first-order chi connectivity index (χ1) is 13.2. The minimum Gasteiger partial charge on any atom is -0.467 e. The average Bonchev–Trinajstić information content (AvgIpc) is 3.29. The molecule has 0 saturated carbocycles. The second-order valence-corrected chi connectivity index (χ2v) is 6.59. The summed E-state index contributed by atoms with van der Waals surface area (Å²) in [5.41, 5.74) is 1.62. The van der Waals surface area contributed by atoms with E-state index < -0.39 is 0 Å². The Balaban J connectivity index is 1.34. The van der Waals surface area contributed by atoms with E-state index in [4.69, 9.17) is 14.0 Å². The highest BCUT2D eigenvalue weighted by Crippen LogP contribution is 2.21. The molecule has 8 heteroatoms. The van der Waals surface area contributed by atoms with Crippen molar-refractivity contribution in [3.05, 3.63) is 48.1 Å². The average molecular weight is 368 g/mol. The van der Waals surface area contributed by atoms with Gasteiger partial charge in [-0.25, -0.2) is 9.97 Å². The standard InChI is InChI=1S/C19H20N4O4/c1-12-6-14(27-23-12)7-13-8-25-9-17(13)22-18(24)10-26-19-15-4-2-3-5-16(15)20-11-21-19/h2-6,11,13,17H,7-10H2,1H3,(H,22,24). The number of para-hydroxylation sites is 1. The van der Waals surface area contributed by atoms with Gasteiger partial charge in [0.05, 0.1) is 35.9 Å². The third-order valence-corrected chi connectivity index (χ3v) is 4.53. The zero-order valence-corrected chi connectivity index (χ0v) is 14.9. The molecule has 1 aromatic carbocycles. The van der Waals surface area contributed by atoms with E-state index in [1.165, 1.54) is 6.33 Å². The van der Waals surface area contributed by atoms with Gasteiger partial charge in [0.1, 0.15) is 12.1 Å². The van der Waals surface area contributed by atoms with Crippen LogP contribution in [-0.2, 0) is 16.0 Å². The van der Waals surface area contributed by atoms with Crippen molar-refractivity contribution < 1.29 is 18.8 Å². The Morgan fingerprint density at radius 2 is 2.19 bits per heavy atom. The van der Waals surface area contributed by atoms with Crippen molar-refractivity contribution in [1.29, 1.82) is 0 Å². The van der Waals surface area contributed by atoms with Gasteiger partial charge in [-0.3, -0.25) is 4.79 Å². The summed E-state index contributed by atoms with van der Waals surface area (Å²) in [5.74, 6) is 1.12. The van der Waals surface area contributed by atoms with Crippen molar-refractivity contribution in [2.24, 2.45) is 5.92 Å². The van der Waals surface area contributed by atoms with Gasteiger partial charge >= 0.3 is 0 Å². The van der Waals surface area contributed by atoms with Crippen LogP contribution in [0.4, 0.5) is 0 Å². The second-order valence-electron chi connectivity index (χ2n) is 6.59. The van der Waals surface area contributed by atoms with Gasteiger partial charge < -0.3 is 19.3 Å². The van der Waals surface area contributed by atoms with E-state index in [1.807, 2.05) is 37.3 Å². The first-order valence-electron chi connectivity index (χ1n) is 8.81. The Labute approximate surface area is 155 Å². The molecule has 0 aliphatic carbocycles. The van der Waals surface area contributed by atoms with Crippen molar-refractivity contribution >= 4 is 16.8 Å². The number of fused-ring (bicyclic) bond motifs is 1. The maximum absolute atomic E-state index is 12.3. The third kappa shape index (κ3) is 4.06. The lowest BCUT2D eigenvalue weighted by molar-refractivity contribution is -0.124. The molecule has 27 heavy (non-hydrogen) atoms. The van der Waals surface area contributed by atoms with Crippen LogP contribution >= 0.6 is 0 Å². The van der Waals surface area contributed by atoms with Gasteiger partial charge in [-0.15, -0.1) is 0 Å². The monoisotopic (exact) mass is 368 g/mol. The molecule has 140 valence electrons. The van der Waals surface area contributed by atoms with Crippen molar-refractivity contribution in [2.45, 2.75) is 19.4 Å². The van der Waals surface area contributed by atoms with Crippen LogP contribution in [0.1, 0.15) is 11.5 Å². The van der Waals surface area contributed by atoms with E-state index in [-0.39, 0.29) is 24.5 Å². The lowest BCUT2D eigenvalue weighted by Crippen LogP contribution is -2.42. The number of hydrogen-bond donors (Lipinski definition) is 1. The summed E-state index contributed by atoms with van der Waals surface area (Å²) in [5, 5.41) is 7.65. The quantitative estimate of drug-likeness (QED) is 0.706. The highest BCUT2D eigenvalue weighted by molar-refractivity contribution is 5.84. The van der Waals surface area contributed by atoms with Gasteiger partial charge in [0.25, 0.3) is 5.91 Å². The number of ether oxygens (including phenoxy) is 2. The largest absolute Gasteiger partial charge is 0.467 e. The SMILES string of the molecule is Cc1cc(CC2COCC2NC(=O)COc2ncnc3ccccc23)on1. The highest BCUT2D eigenvalue weighted by Gasteiger charge is 2.30. The molecule has 1 amide bonds. The van der Waals surface area contributed by atoms with E-state index in [2.05, 4.69) is 20.4 Å². The molecule has 2 aromatic heterocycles. The Morgan fingerprint density at radius 3 is 3.04 bits per heavy atom. The Morgan fingerprint density at radius 1 is 1.30 bits per heavy atom. The van der Waals surface area contributed by atoms with Crippen LogP contribution in [0.2, 0.25) is 0 Å². The Kier molecular flexibility index (Phi) is 4.97. The molecule has 1 aliphatic rings. The van der Waals surface area contributed by atoms with Crippen molar-refractivity contribution in [3.63, 3.8) is 0 Å². The van der Waals surface area contributed by atoms with Crippen LogP contribution in [0.5, 0.6) is 5.88 Å². The number of carbonyl (C=O) groups excluding carboxylic acids is 1. The van der Waals surface area contributed by atoms with Crippen LogP contribution in [0.3, 0.4) is 0 Å². The lowest BCUT2D eigenvalue weighted by Gasteiger charge is -2.18. The fourth-order valence-corrected chi connectivity index (χ4v) is 3.21. The number of benzene rings is 1. The molecule has 0 bridgehead atoms. The lowest BCUT2D eigenvalue weighted by atomic mass is 9.98. The summed E-state index contributed by atoms with van der Waals surface area (Å²) >= 11 is 0. The number of hydrogen-bond acceptors (Lipinski definition) is 7. The summed E-state index contributed by atoms with van der Waals surface area (Å²) in [6.45, 7) is 2.80. The number of rotatable bonds is 6. The van der Waals surface area contributed by atoms with E-state index >= 15 is 0 Å². The van der Waals surface area contributed by atoms with Gasteiger partial charge in [0, 0.05) is 18.4 Å². The number of nitrogens with zero attached hydrogens (tertiary/aromatic N) is 3. The third-order valence-electron chi connectivity index (χ3n) is 4.53. The highest BCUT2D eigenvalue weighted by atomic mass is 16.5. The fraction of sp³-hybridized carbons (Fsp3) is 0.368. The summed E-state index contributed by atoms with van der Waals surface area (Å²) < 4.78 is 16.4. The number of carbonyl (C=O) groups is 1. The zero-order valence-electron chi connectivity index (χ0n) is 14.9. The minimum atomic E-state index is -0.216. The zero-order chi connectivity index (χ0) is 18.6. The molecule has 8 nitrogen and oxygen atoms in total. The van der Waals surface area contributed by atoms with Crippen LogP contribution in [0.25, 0.3) is 10.9 Å². The topological polar surface area (TPSA) is 99.4 Å². The molecule has 1 N–H and O–H groups in total. The molecular formula is C19H20N4O4. The van der Waals surface area contributed by atoms with Gasteiger partial charge in [0.2, 0.25) is 5.88 Å². The molecule has 1 fully saturated rings. The van der Waals surface area contributed by atoms with Gasteiger partial charge in [-0.05, 0) is 19.1 Å². The van der Waals surface area contributed by atoms with Gasteiger partial charge in [-0.1, -0.05) is 17.3 Å². The number of amides is 1.